The fourth-order valence-electron chi connectivity index (χ4n) is 28.8. The van der Waals surface area contributed by atoms with Crippen LogP contribution in [0.25, 0.3) is 0 Å². The first kappa shape index (κ1) is 58.6. The summed E-state index contributed by atoms with van der Waals surface area (Å²) in [6.07, 6.45) is 21.5. The fraction of sp³-hybridized carbons (Fsp3) is 0.907. The molecule has 18 rings (SSSR count). The van der Waals surface area contributed by atoms with Crippen LogP contribution in [0.2, 0.25) is 0 Å². The van der Waals surface area contributed by atoms with Gasteiger partial charge in [0.25, 0.3) is 0 Å². The number of aliphatic hydroxyl groups is 6. The molecule has 472 valence electrons. The summed E-state index contributed by atoms with van der Waals surface area (Å²) in [7, 11) is 0. The maximum absolute atomic E-state index is 12.9. The third-order valence-corrected chi connectivity index (χ3v) is 33.1. The van der Waals surface area contributed by atoms with Gasteiger partial charge in [0.2, 0.25) is 0 Å². The molecule has 18 aliphatic carbocycles. The second kappa shape index (κ2) is 18.2. The summed E-state index contributed by atoms with van der Waals surface area (Å²) >= 11 is 0. The van der Waals surface area contributed by atoms with Crippen molar-refractivity contribution in [3.8, 4) is 23.7 Å². The minimum atomic E-state index is -1.12. The molecule has 6 N–H and O–H groups in total. The van der Waals surface area contributed by atoms with Gasteiger partial charge in [0.15, 0.2) is 0 Å². The average molecular weight is 1180 g/mol. The van der Waals surface area contributed by atoms with Crippen molar-refractivity contribution < 1.29 is 54.5 Å². The minimum Gasteiger partial charge on any atom is -0.456 e. The van der Waals surface area contributed by atoms with Gasteiger partial charge in [-0.05, 0) is 277 Å². The molecule has 0 aromatic rings. The van der Waals surface area contributed by atoms with Gasteiger partial charge in [-0.3, -0.25) is 4.79 Å². The van der Waals surface area contributed by atoms with E-state index in [0.717, 1.165) is 102 Å². The van der Waals surface area contributed by atoms with E-state index in [1.165, 1.54) is 38.5 Å². The van der Waals surface area contributed by atoms with Gasteiger partial charge in [-0.1, -0.05) is 67.2 Å². The molecular weight excluding hydrogens is 1080 g/mol. The summed E-state index contributed by atoms with van der Waals surface area (Å²) in [6, 6.07) is 0. The van der Waals surface area contributed by atoms with Gasteiger partial charge in [-0.2, -0.15) is 0 Å². The molecule has 11 heteroatoms. The Labute approximate surface area is 513 Å². The van der Waals surface area contributed by atoms with E-state index in [1.807, 2.05) is 0 Å². The third kappa shape index (κ3) is 7.16. The molecule has 0 spiro atoms. The Morgan fingerprint density at radius 2 is 0.826 bits per heavy atom. The van der Waals surface area contributed by atoms with E-state index in [4.69, 9.17) is 9.47 Å². The Balaban J connectivity index is 0.000000106. The summed E-state index contributed by atoms with van der Waals surface area (Å²) in [6.45, 7) is 22.7. The van der Waals surface area contributed by atoms with Crippen molar-refractivity contribution in [2.75, 3.05) is 13.2 Å². The lowest BCUT2D eigenvalue weighted by Gasteiger charge is -2.64. The number of fused-ring (bicyclic) bond motifs is 30. The van der Waals surface area contributed by atoms with Crippen LogP contribution in [0, 0.1) is 192 Å². The number of carbonyl (C=O) groups excluding carboxylic acids is 3. The van der Waals surface area contributed by atoms with Crippen LogP contribution in [0.15, 0.2) is 0 Å². The van der Waals surface area contributed by atoms with Crippen LogP contribution in [0.4, 0.5) is 0 Å². The van der Waals surface area contributed by atoms with Gasteiger partial charge in [0.1, 0.15) is 17.0 Å². The molecule has 0 amide bonds. The molecule has 0 radical (unpaired) electrons. The van der Waals surface area contributed by atoms with Crippen LogP contribution in [0.3, 0.4) is 0 Å². The van der Waals surface area contributed by atoms with Crippen LogP contribution >= 0.6 is 0 Å². The molecule has 11 nitrogen and oxygen atoms in total. The molecule has 0 aliphatic heterocycles. The van der Waals surface area contributed by atoms with Crippen LogP contribution < -0.4 is 0 Å². The number of hydrogen-bond donors (Lipinski definition) is 6. The predicted molar refractivity (Wildman–Crippen MR) is 322 cm³/mol. The monoisotopic (exact) mass is 1180 g/mol. The molecular formula is C75H106O11. The van der Waals surface area contributed by atoms with E-state index in [1.54, 1.807) is 13.8 Å². The number of ketones is 1. The Bertz CT molecular complexity index is 2900. The number of carbonyl (C=O) groups is 3. The van der Waals surface area contributed by atoms with Crippen LogP contribution in [0.1, 0.15) is 204 Å². The zero-order chi connectivity index (χ0) is 60.6. The van der Waals surface area contributed by atoms with E-state index in [-0.39, 0.29) is 56.3 Å². The molecule has 0 aromatic carbocycles. The van der Waals surface area contributed by atoms with E-state index in [2.05, 4.69) is 79.1 Å². The molecule has 35 atom stereocenters. The molecule has 9 unspecified atom stereocenters. The number of esters is 2. The Morgan fingerprint density at radius 1 is 0.453 bits per heavy atom. The van der Waals surface area contributed by atoms with Gasteiger partial charge in [-0.15, -0.1) is 0 Å². The lowest BCUT2D eigenvalue weighted by molar-refractivity contribution is -0.233. The predicted octanol–water partition coefficient (Wildman–Crippen LogP) is 10.4. The van der Waals surface area contributed by atoms with Gasteiger partial charge in [0.05, 0.1) is 36.1 Å². The van der Waals surface area contributed by atoms with Gasteiger partial charge in [0, 0.05) is 52.3 Å². The van der Waals surface area contributed by atoms with Crippen molar-refractivity contribution in [1.29, 1.82) is 0 Å². The van der Waals surface area contributed by atoms with E-state index < -0.39 is 39.9 Å². The highest BCUT2D eigenvalue weighted by molar-refractivity contribution is 5.93. The Morgan fingerprint density at radius 3 is 1.26 bits per heavy atom. The van der Waals surface area contributed by atoms with Crippen molar-refractivity contribution in [2.24, 2.45) is 169 Å². The first-order valence-corrected chi connectivity index (χ1v) is 35.8. The topological polar surface area (TPSA) is 191 Å². The average Bonchev–Trinajstić information content (AvgIpc) is 1.51. The summed E-state index contributed by atoms with van der Waals surface area (Å²) in [5.41, 5.74) is -4.47. The maximum atomic E-state index is 12.9. The van der Waals surface area contributed by atoms with Crippen molar-refractivity contribution in [1.82, 2.24) is 0 Å². The van der Waals surface area contributed by atoms with E-state index in [9.17, 15) is 45.0 Å². The summed E-state index contributed by atoms with van der Waals surface area (Å²) in [5, 5.41) is 69.9. The number of ether oxygens (including phenoxy) is 2. The zero-order valence-electron chi connectivity index (χ0n) is 53.8. The molecule has 18 fully saturated rings. The Kier molecular flexibility index (Phi) is 12.4. The maximum Gasteiger partial charge on any atom is 0.384 e. The molecule has 0 heterocycles. The summed E-state index contributed by atoms with van der Waals surface area (Å²) in [4.78, 5) is 36.8. The van der Waals surface area contributed by atoms with Gasteiger partial charge >= 0.3 is 11.9 Å². The number of rotatable bonds is 2. The lowest BCUT2D eigenvalue weighted by Crippen LogP contribution is -2.65. The largest absolute Gasteiger partial charge is 0.456 e. The minimum absolute atomic E-state index is 0.00430. The number of hydrogen-bond acceptors (Lipinski definition) is 11. The highest BCUT2D eigenvalue weighted by Crippen LogP contribution is 2.85. The quantitative estimate of drug-likeness (QED) is 0.0876. The first-order chi connectivity index (χ1) is 40.5. The molecule has 0 bridgehead atoms. The SMILES string of the molecule is CCOC(=O)C#C[C@]1(O)[C@H]2C[C@H]2C2C3C(CC[C@@]21C)[C@@]1(C)CC[C@H](C)C[C@@]1(O)[C@@H]1C[C@H]31.CCOC(=O)C#C[C@]1(O)[C@H]2C[C@H]2C2C3C(CC[C@@]21C)[C@@]1(C)CC[C@H](O)C[C@@]1(O)[C@@H]1C[C@H]31.C[C@H]1CC[C@]2(C)C3CC[C@]4(C)C(=O)[C@H]5C[C@H]5C4C3[C@H]3C[C@H]3[C@]2(O)C1. The normalized spacial score (nSPS) is 62.7. The molecule has 0 saturated heterocycles. The summed E-state index contributed by atoms with van der Waals surface area (Å²) < 4.78 is 10.0. The van der Waals surface area contributed by atoms with Crippen LogP contribution in [-0.4, -0.2) is 95.7 Å². The number of aliphatic hydroxyl groups excluding tert-OH is 1. The van der Waals surface area contributed by atoms with Crippen molar-refractivity contribution in [3.63, 3.8) is 0 Å². The molecule has 18 aliphatic rings. The van der Waals surface area contributed by atoms with Crippen LogP contribution in [-0.2, 0) is 23.9 Å². The second-order valence-electron chi connectivity index (χ2n) is 36.0. The third-order valence-electron chi connectivity index (χ3n) is 33.1. The van der Waals surface area contributed by atoms with Crippen molar-refractivity contribution in [3.05, 3.63) is 0 Å². The van der Waals surface area contributed by atoms with E-state index >= 15 is 0 Å². The molecule has 86 heavy (non-hydrogen) atoms. The smallest absolute Gasteiger partial charge is 0.384 e. The van der Waals surface area contributed by atoms with Crippen molar-refractivity contribution >= 4 is 17.7 Å². The first-order valence-electron chi connectivity index (χ1n) is 35.8. The van der Waals surface area contributed by atoms with Crippen molar-refractivity contribution in [2.45, 2.75) is 238 Å². The standard InChI is InChI=1S/C27H38O4.C26H36O5.C22H32O2/c1-5-31-21(28)8-11-26(29)20-13-17(20)23-22-16-12-19(16)27(30)14-15(2)6-9-24(27,3)18(22)7-10-25(23,26)4;1-4-31-20(28)7-10-25(29)19-12-16(19)22-21-15-11-18(15)26(30)13-14(27)5-8-23(26,2)17(21)6-9-24(22,25)3;1-11-4-7-21(3)15-5-6-20(2)18(12-8-13(12)19(20)23)17(15)14-9-16(14)22(21,24)10-11/h15-20,22-23,29-30H,5-7,9-10,12-14H2,1-4H3;14-19,21-22,27,29-30H,4-6,8-9,11-13H2,1-3H3;11-18,24H,4-10H2,1-3H3/t15-,16-,17+,18?,19+,20-,22?,23?,24+,25-,26-,27+;14-,15-,16+,17?,18+,19-,21?,22?,23+,24-,25-,26+;11-,12+,13-,14-,15?,16+,17?,18?,20-,21+,22+/m000/s1. The fourth-order valence-corrected chi connectivity index (χ4v) is 28.8. The lowest BCUT2D eigenvalue weighted by atomic mass is 9.42. The number of Topliss-reactive ketones (excluding diaryl/α,β-unsaturated/α-hetero) is 1. The highest BCUT2D eigenvalue weighted by Gasteiger charge is 2.84. The van der Waals surface area contributed by atoms with Gasteiger partial charge in [-0.25, -0.2) is 9.59 Å². The van der Waals surface area contributed by atoms with E-state index in [0.29, 0.717) is 132 Å². The second-order valence-corrected chi connectivity index (χ2v) is 36.0. The molecule has 0 aromatic heterocycles. The highest BCUT2D eigenvalue weighted by atomic mass is 16.5. The van der Waals surface area contributed by atoms with Gasteiger partial charge < -0.3 is 40.1 Å². The Hall–Kier alpha value is -2.51. The zero-order valence-corrected chi connectivity index (χ0v) is 53.8. The summed E-state index contributed by atoms with van der Waals surface area (Å²) in [5.74, 6) is 22.8. The van der Waals surface area contributed by atoms with Crippen LogP contribution in [0.5, 0.6) is 0 Å². The molecule has 18 saturated carbocycles.